The van der Waals surface area contributed by atoms with E-state index in [1.807, 2.05) is 0 Å². The fourth-order valence-corrected chi connectivity index (χ4v) is 3.44. The lowest BCUT2D eigenvalue weighted by molar-refractivity contribution is 0.125. The van der Waals surface area contributed by atoms with Crippen molar-refractivity contribution in [2.45, 2.75) is 46.0 Å². The second-order valence-corrected chi connectivity index (χ2v) is 6.87. The van der Waals surface area contributed by atoms with E-state index in [-0.39, 0.29) is 0 Å². The summed E-state index contributed by atoms with van der Waals surface area (Å²) in [5.41, 5.74) is 0.699. The largest absolute Gasteiger partial charge is 0.306 e. The van der Waals surface area contributed by atoms with Crippen LogP contribution in [0.5, 0.6) is 0 Å². The molecule has 2 aliphatic rings. The summed E-state index contributed by atoms with van der Waals surface area (Å²) in [7, 11) is 2.27. The highest BCUT2D eigenvalue weighted by Crippen LogP contribution is 2.40. The summed E-state index contributed by atoms with van der Waals surface area (Å²) in [5.74, 6) is 0.870. The number of rotatable bonds is 4. The summed E-state index contributed by atoms with van der Waals surface area (Å²) in [4.78, 5) is 5.22. The quantitative estimate of drug-likeness (QED) is 0.743. The maximum absolute atomic E-state index is 2.73. The minimum Gasteiger partial charge on any atom is -0.306 e. The Morgan fingerprint density at radius 3 is 2.35 bits per heavy atom. The molecule has 0 aliphatic carbocycles. The number of hydrogen-bond acceptors (Lipinski definition) is 2. The van der Waals surface area contributed by atoms with Crippen LogP contribution in [0.4, 0.5) is 0 Å². The lowest BCUT2D eigenvalue weighted by atomic mass is 9.78. The van der Waals surface area contributed by atoms with Gasteiger partial charge in [0.2, 0.25) is 0 Å². The van der Waals surface area contributed by atoms with Gasteiger partial charge in [0.25, 0.3) is 0 Å². The molecule has 2 fully saturated rings. The van der Waals surface area contributed by atoms with Crippen molar-refractivity contribution >= 4 is 0 Å². The maximum Gasteiger partial charge on any atom is 0.00394 e. The van der Waals surface area contributed by atoms with E-state index in [0.717, 1.165) is 5.92 Å². The third-order valence-electron chi connectivity index (χ3n) is 4.82. The van der Waals surface area contributed by atoms with Crippen LogP contribution in [0.25, 0.3) is 0 Å². The third kappa shape index (κ3) is 3.69. The first-order valence-electron chi connectivity index (χ1n) is 7.51. The second-order valence-electron chi connectivity index (χ2n) is 6.87. The van der Waals surface area contributed by atoms with Gasteiger partial charge >= 0.3 is 0 Å². The fourth-order valence-electron chi connectivity index (χ4n) is 3.44. The molecular formula is C15H30N2. The Balaban J connectivity index is 1.71. The second kappa shape index (κ2) is 5.71. The Morgan fingerprint density at radius 2 is 1.71 bits per heavy atom. The van der Waals surface area contributed by atoms with E-state index in [4.69, 9.17) is 0 Å². The summed E-state index contributed by atoms with van der Waals surface area (Å²) >= 11 is 0. The van der Waals surface area contributed by atoms with Crippen LogP contribution in [0.1, 0.15) is 46.0 Å². The normalized spacial score (nSPS) is 26.1. The zero-order valence-electron chi connectivity index (χ0n) is 12.0. The Kier molecular flexibility index (Phi) is 4.48. The van der Waals surface area contributed by atoms with Crippen LogP contribution in [-0.4, -0.2) is 49.6 Å². The van der Waals surface area contributed by atoms with Gasteiger partial charge in [-0.3, -0.25) is 0 Å². The summed E-state index contributed by atoms with van der Waals surface area (Å²) in [5, 5.41) is 0. The highest BCUT2D eigenvalue weighted by atomic mass is 15.2. The van der Waals surface area contributed by atoms with E-state index in [1.165, 1.54) is 64.8 Å². The average molecular weight is 238 g/mol. The van der Waals surface area contributed by atoms with Gasteiger partial charge < -0.3 is 9.80 Å². The molecule has 100 valence electrons. The molecule has 2 nitrogen and oxygen atoms in total. The molecule has 0 aromatic heterocycles. The molecule has 0 aromatic rings. The molecule has 0 atom stereocenters. The highest BCUT2D eigenvalue weighted by Gasteiger charge is 2.39. The highest BCUT2D eigenvalue weighted by molar-refractivity contribution is 4.93. The van der Waals surface area contributed by atoms with Crippen LogP contribution in [-0.2, 0) is 0 Å². The third-order valence-corrected chi connectivity index (χ3v) is 4.82. The van der Waals surface area contributed by atoms with Crippen LogP contribution >= 0.6 is 0 Å². The molecule has 0 unspecified atom stereocenters. The van der Waals surface area contributed by atoms with Crippen molar-refractivity contribution < 1.29 is 0 Å². The van der Waals surface area contributed by atoms with Gasteiger partial charge in [-0.25, -0.2) is 0 Å². The first-order chi connectivity index (χ1) is 8.10. The van der Waals surface area contributed by atoms with Crippen LogP contribution < -0.4 is 0 Å². The Bertz CT molecular complexity index is 229. The summed E-state index contributed by atoms with van der Waals surface area (Å²) in [6.07, 6.45) is 7.12. The van der Waals surface area contributed by atoms with E-state index in [2.05, 4.69) is 30.7 Å². The molecule has 0 bridgehead atoms. The van der Waals surface area contributed by atoms with Crippen LogP contribution in [0, 0.1) is 11.3 Å². The van der Waals surface area contributed by atoms with E-state index in [9.17, 15) is 0 Å². The summed E-state index contributed by atoms with van der Waals surface area (Å²) < 4.78 is 0. The van der Waals surface area contributed by atoms with E-state index >= 15 is 0 Å². The molecule has 0 aromatic carbocycles. The number of nitrogens with zero attached hydrogens (tertiary/aromatic N) is 2. The Labute approximate surface area is 107 Å². The molecule has 17 heavy (non-hydrogen) atoms. The molecule has 0 radical (unpaired) electrons. The SMILES string of the molecule is CC(C)CCCN1CCC2(CCN(C)CC2)C1. The van der Waals surface area contributed by atoms with Crippen molar-refractivity contribution in [3.63, 3.8) is 0 Å². The smallest absolute Gasteiger partial charge is 0.00394 e. The van der Waals surface area contributed by atoms with Crippen molar-refractivity contribution in [2.75, 3.05) is 39.8 Å². The van der Waals surface area contributed by atoms with Gasteiger partial charge in [0.15, 0.2) is 0 Å². The maximum atomic E-state index is 2.73. The zero-order valence-corrected chi connectivity index (χ0v) is 12.0. The average Bonchev–Trinajstić information content (AvgIpc) is 2.67. The van der Waals surface area contributed by atoms with Crippen molar-refractivity contribution in [1.82, 2.24) is 9.80 Å². The van der Waals surface area contributed by atoms with Crippen molar-refractivity contribution in [3.05, 3.63) is 0 Å². The van der Waals surface area contributed by atoms with Gasteiger partial charge in [0.1, 0.15) is 0 Å². The summed E-state index contributed by atoms with van der Waals surface area (Å²) in [6, 6.07) is 0. The van der Waals surface area contributed by atoms with E-state index < -0.39 is 0 Å². The first kappa shape index (κ1) is 13.4. The number of likely N-dealkylation sites (tertiary alicyclic amines) is 2. The minimum absolute atomic E-state index is 0.699. The van der Waals surface area contributed by atoms with Crippen LogP contribution in [0.15, 0.2) is 0 Å². The van der Waals surface area contributed by atoms with Gasteiger partial charge in [0, 0.05) is 6.54 Å². The van der Waals surface area contributed by atoms with Gasteiger partial charge in [-0.15, -0.1) is 0 Å². The van der Waals surface area contributed by atoms with Gasteiger partial charge in [-0.2, -0.15) is 0 Å². The minimum atomic E-state index is 0.699. The van der Waals surface area contributed by atoms with Crippen molar-refractivity contribution in [2.24, 2.45) is 11.3 Å². The van der Waals surface area contributed by atoms with Gasteiger partial charge in [-0.1, -0.05) is 13.8 Å². The van der Waals surface area contributed by atoms with Crippen LogP contribution in [0.3, 0.4) is 0 Å². The predicted octanol–water partition coefficient (Wildman–Crippen LogP) is 2.84. The molecule has 2 heterocycles. The molecule has 2 rings (SSSR count). The molecule has 0 saturated carbocycles. The number of hydrogen-bond donors (Lipinski definition) is 0. The van der Waals surface area contributed by atoms with E-state index in [0.29, 0.717) is 5.41 Å². The number of piperidine rings is 1. The molecule has 0 N–H and O–H groups in total. The predicted molar refractivity (Wildman–Crippen MR) is 74.3 cm³/mol. The summed E-state index contributed by atoms with van der Waals surface area (Å²) in [6.45, 7) is 11.4. The lowest BCUT2D eigenvalue weighted by Gasteiger charge is -2.37. The van der Waals surface area contributed by atoms with Crippen molar-refractivity contribution in [3.8, 4) is 0 Å². The first-order valence-corrected chi connectivity index (χ1v) is 7.51. The Hall–Kier alpha value is -0.0800. The Morgan fingerprint density at radius 1 is 1.06 bits per heavy atom. The van der Waals surface area contributed by atoms with Crippen LogP contribution in [0.2, 0.25) is 0 Å². The molecular weight excluding hydrogens is 208 g/mol. The molecule has 2 heteroatoms. The van der Waals surface area contributed by atoms with E-state index in [1.54, 1.807) is 0 Å². The molecule has 1 spiro atoms. The monoisotopic (exact) mass is 238 g/mol. The zero-order chi connectivity index (χ0) is 12.3. The van der Waals surface area contributed by atoms with Gasteiger partial charge in [-0.05, 0) is 76.7 Å². The lowest BCUT2D eigenvalue weighted by Crippen LogP contribution is -2.39. The molecule has 2 aliphatic heterocycles. The molecule has 0 amide bonds. The van der Waals surface area contributed by atoms with Gasteiger partial charge in [0.05, 0.1) is 0 Å². The standard InChI is InChI=1S/C15H30N2/c1-14(2)5-4-9-17-12-8-15(13-17)6-10-16(3)11-7-15/h14H,4-13H2,1-3H3. The fraction of sp³-hybridized carbons (Fsp3) is 1.00. The molecule has 2 saturated heterocycles. The topological polar surface area (TPSA) is 6.48 Å². The van der Waals surface area contributed by atoms with Crippen molar-refractivity contribution in [1.29, 1.82) is 0 Å².